The van der Waals surface area contributed by atoms with Gasteiger partial charge in [-0.1, -0.05) is 13.8 Å². The van der Waals surface area contributed by atoms with Crippen molar-refractivity contribution in [3.63, 3.8) is 0 Å². The van der Waals surface area contributed by atoms with E-state index in [1.165, 1.54) is 42.6 Å². The number of halogens is 2. The number of nitrogens with one attached hydrogen (secondary N) is 1. The first-order valence-corrected chi connectivity index (χ1v) is 16.8. The number of rotatable bonds is 4. The van der Waals surface area contributed by atoms with E-state index in [4.69, 9.17) is 15.5 Å². The standard InChI is InChI=1S/C34H38F2N4O3S2/c1-33(2)13-14-34(3,28-9-6-21(45-28)7-10-29(41)42)32(37)40-31(38-4)24-17-20(5-8-25(24)35)43-30-23(12-16-44-19-33)22-11-15-39-27(22)18-26(30)36/h5-6,8-9,11,15,17-18,39H,7,10,12-14,16,19H2,1-4H3,(H,41,42)(H2,37,38,40). The van der Waals surface area contributed by atoms with Crippen LogP contribution in [-0.4, -0.2) is 46.3 Å². The second kappa shape index (κ2) is 13.3. The Morgan fingerprint density at radius 1 is 1.13 bits per heavy atom. The van der Waals surface area contributed by atoms with Crippen LogP contribution in [0.25, 0.3) is 10.9 Å². The van der Waals surface area contributed by atoms with Gasteiger partial charge in [0.1, 0.15) is 17.4 Å². The molecule has 4 aromatic rings. The summed E-state index contributed by atoms with van der Waals surface area (Å²) in [6.07, 6.45) is 4.31. The molecule has 0 radical (unpaired) electrons. The number of carboxylic acids is 1. The highest BCUT2D eigenvalue weighted by Gasteiger charge is 2.36. The van der Waals surface area contributed by atoms with Gasteiger partial charge >= 0.3 is 5.97 Å². The second-order valence-corrected chi connectivity index (χ2v) is 14.6. The first-order chi connectivity index (χ1) is 21.4. The molecule has 0 fully saturated rings. The van der Waals surface area contributed by atoms with E-state index in [-0.39, 0.29) is 40.6 Å². The Bertz CT molecular complexity index is 1780. The summed E-state index contributed by atoms with van der Waals surface area (Å²) in [7, 11) is 1.52. The van der Waals surface area contributed by atoms with Crippen molar-refractivity contribution in [1.82, 2.24) is 4.98 Å². The van der Waals surface area contributed by atoms with Crippen LogP contribution >= 0.6 is 23.1 Å². The van der Waals surface area contributed by atoms with Gasteiger partial charge in [0.2, 0.25) is 0 Å². The molecule has 0 saturated carbocycles. The Kier molecular flexibility index (Phi) is 9.69. The number of H-pyrrole nitrogens is 1. The molecule has 4 N–H and O–H groups in total. The lowest BCUT2D eigenvalue weighted by atomic mass is 9.77. The van der Waals surface area contributed by atoms with Gasteiger partial charge in [0.15, 0.2) is 17.4 Å². The molecule has 2 bridgehead atoms. The SMILES string of the molecule is CN=C1N=C(N)C(C)(c2ccc(CCC(=O)O)s2)CCC(C)(C)CSCCc2c(c(F)cc3[nH]ccc23)Oc2ccc(F)c1c2. The number of benzene rings is 2. The summed E-state index contributed by atoms with van der Waals surface area (Å²) in [5.41, 5.74) is 7.54. The molecular formula is C34H38F2N4O3S2. The summed E-state index contributed by atoms with van der Waals surface area (Å²) in [6.45, 7) is 6.46. The number of hydrogen-bond donors (Lipinski definition) is 3. The Hall–Kier alpha value is -3.70. The van der Waals surface area contributed by atoms with Crippen LogP contribution in [0.1, 0.15) is 60.9 Å². The van der Waals surface area contributed by atoms with Crippen molar-refractivity contribution in [2.45, 2.75) is 58.3 Å². The van der Waals surface area contributed by atoms with Crippen molar-refractivity contribution >= 4 is 51.6 Å². The maximum atomic E-state index is 15.5. The molecule has 11 heteroatoms. The Labute approximate surface area is 270 Å². The molecule has 1 aliphatic rings. The minimum atomic E-state index is -0.850. The van der Waals surface area contributed by atoms with E-state index in [0.717, 1.165) is 38.6 Å². The van der Waals surface area contributed by atoms with Crippen LogP contribution in [0.15, 0.2) is 58.6 Å². The molecule has 1 atom stereocenters. The zero-order valence-corrected chi connectivity index (χ0v) is 27.5. The number of aryl methyl sites for hydroxylation is 2. The van der Waals surface area contributed by atoms with Crippen LogP contribution in [0.4, 0.5) is 8.78 Å². The number of aromatic amines is 1. The highest BCUT2D eigenvalue weighted by atomic mass is 32.2. The van der Waals surface area contributed by atoms with E-state index in [1.807, 2.05) is 25.1 Å². The van der Waals surface area contributed by atoms with Crippen molar-refractivity contribution in [2.75, 3.05) is 18.6 Å². The van der Waals surface area contributed by atoms with Crippen molar-refractivity contribution < 1.29 is 23.4 Å². The van der Waals surface area contributed by atoms with E-state index >= 15 is 8.78 Å². The molecule has 238 valence electrons. The maximum absolute atomic E-state index is 15.5. The quantitative estimate of drug-likeness (QED) is 0.206. The van der Waals surface area contributed by atoms with Crippen LogP contribution < -0.4 is 10.5 Å². The number of ether oxygens (including phenoxy) is 1. The van der Waals surface area contributed by atoms with Crippen LogP contribution in [0, 0.1) is 17.0 Å². The van der Waals surface area contributed by atoms with Gasteiger partial charge in [0, 0.05) is 45.5 Å². The number of nitrogens with two attached hydrogens (primary N) is 1. The zero-order chi connectivity index (χ0) is 32.4. The second-order valence-electron chi connectivity index (χ2n) is 12.4. The summed E-state index contributed by atoms with van der Waals surface area (Å²) >= 11 is 3.33. The van der Waals surface area contributed by atoms with Gasteiger partial charge in [0.05, 0.1) is 17.4 Å². The van der Waals surface area contributed by atoms with Gasteiger partial charge in [-0.2, -0.15) is 11.8 Å². The lowest BCUT2D eigenvalue weighted by Crippen LogP contribution is -2.40. The molecule has 3 heterocycles. The lowest BCUT2D eigenvalue weighted by Gasteiger charge is -2.33. The summed E-state index contributed by atoms with van der Waals surface area (Å²) in [6, 6.07) is 11.5. The number of carbonyl (C=O) groups is 1. The molecule has 2 aromatic carbocycles. The topological polar surface area (TPSA) is 113 Å². The van der Waals surface area contributed by atoms with Gasteiger partial charge in [-0.15, -0.1) is 11.3 Å². The van der Waals surface area contributed by atoms with E-state index in [2.05, 4.69) is 23.8 Å². The largest absolute Gasteiger partial charge is 0.481 e. The maximum Gasteiger partial charge on any atom is 0.303 e. The number of amidine groups is 2. The fourth-order valence-corrected chi connectivity index (χ4v) is 7.89. The van der Waals surface area contributed by atoms with Crippen molar-refractivity contribution in [3.8, 4) is 11.5 Å². The molecule has 0 spiro atoms. The number of fused-ring (bicyclic) bond motifs is 5. The van der Waals surface area contributed by atoms with Gasteiger partial charge < -0.3 is 20.6 Å². The number of aliphatic imine (C=N–C) groups is 2. The monoisotopic (exact) mass is 652 g/mol. The summed E-state index contributed by atoms with van der Waals surface area (Å²) < 4.78 is 37.0. The number of hydrogen-bond acceptors (Lipinski definition) is 6. The van der Waals surface area contributed by atoms with E-state index in [0.29, 0.717) is 24.8 Å². The fourth-order valence-electron chi connectivity index (χ4n) is 5.51. The molecule has 7 nitrogen and oxygen atoms in total. The fraction of sp³-hybridized carbons (Fsp3) is 0.382. The highest BCUT2D eigenvalue weighted by molar-refractivity contribution is 7.99. The van der Waals surface area contributed by atoms with Crippen molar-refractivity contribution in [3.05, 3.63) is 81.2 Å². The molecule has 1 unspecified atom stereocenters. The number of aliphatic carboxylic acids is 1. The normalized spacial score (nSPS) is 20.3. The highest BCUT2D eigenvalue weighted by Crippen LogP contribution is 2.41. The number of nitrogens with zero attached hydrogens (tertiary/aromatic N) is 2. The van der Waals surface area contributed by atoms with Crippen molar-refractivity contribution in [1.29, 1.82) is 0 Å². The van der Waals surface area contributed by atoms with Crippen molar-refractivity contribution in [2.24, 2.45) is 21.1 Å². The molecule has 5 rings (SSSR count). The van der Waals surface area contributed by atoms with Gasteiger partial charge in [-0.05, 0) is 85.9 Å². The molecule has 0 aliphatic carbocycles. The number of aromatic nitrogens is 1. The van der Waals surface area contributed by atoms with E-state index in [9.17, 15) is 9.90 Å². The molecule has 45 heavy (non-hydrogen) atoms. The predicted octanol–water partition coefficient (Wildman–Crippen LogP) is 8.10. The number of carboxylic acid groups (broad SMARTS) is 1. The summed E-state index contributed by atoms with van der Waals surface area (Å²) in [5, 5.41) is 10.1. The first-order valence-electron chi connectivity index (χ1n) is 14.9. The van der Waals surface area contributed by atoms with Crippen LogP contribution in [-0.2, 0) is 23.1 Å². The Morgan fingerprint density at radius 2 is 1.93 bits per heavy atom. The predicted molar refractivity (Wildman–Crippen MR) is 180 cm³/mol. The zero-order valence-electron chi connectivity index (χ0n) is 25.9. The molecule has 2 aromatic heterocycles. The summed E-state index contributed by atoms with van der Waals surface area (Å²) in [5.74, 6) is 0.431. The first kappa shape index (κ1) is 32.7. The third-order valence-electron chi connectivity index (χ3n) is 8.35. The number of thioether (sulfide) groups is 1. The third-order valence-corrected chi connectivity index (χ3v) is 11.2. The van der Waals surface area contributed by atoms with Gasteiger partial charge in [-0.3, -0.25) is 9.79 Å². The third kappa shape index (κ3) is 7.25. The van der Waals surface area contributed by atoms with Crippen LogP contribution in [0.5, 0.6) is 11.5 Å². The summed E-state index contributed by atoms with van der Waals surface area (Å²) in [4.78, 5) is 25.2. The van der Waals surface area contributed by atoms with E-state index < -0.39 is 23.0 Å². The Morgan fingerprint density at radius 3 is 2.69 bits per heavy atom. The van der Waals surface area contributed by atoms with Crippen LogP contribution in [0.2, 0.25) is 0 Å². The average Bonchev–Trinajstić information content (AvgIpc) is 3.67. The number of thiophene rings is 1. The van der Waals surface area contributed by atoms with E-state index in [1.54, 1.807) is 18.0 Å². The molecule has 0 saturated heterocycles. The smallest absolute Gasteiger partial charge is 0.303 e. The molecule has 0 amide bonds. The van der Waals surface area contributed by atoms with Gasteiger partial charge in [-0.25, -0.2) is 13.8 Å². The average molecular weight is 653 g/mol. The Balaban J connectivity index is 1.60. The minimum Gasteiger partial charge on any atom is -0.481 e. The molecular weight excluding hydrogens is 615 g/mol. The van der Waals surface area contributed by atoms with Crippen LogP contribution in [0.3, 0.4) is 0 Å². The minimum absolute atomic E-state index is 0.0399. The lowest BCUT2D eigenvalue weighted by molar-refractivity contribution is -0.136. The molecule has 1 aliphatic heterocycles. The van der Waals surface area contributed by atoms with Gasteiger partial charge in [0.25, 0.3) is 0 Å².